The van der Waals surface area contributed by atoms with Crippen molar-refractivity contribution < 1.29 is 41.0 Å². The lowest BCUT2D eigenvalue weighted by Crippen LogP contribution is -2.50. The molecule has 2 unspecified atom stereocenters. The molecule has 6 nitrogen and oxygen atoms in total. The fourth-order valence-electron chi connectivity index (χ4n) is 3.77. The summed E-state index contributed by atoms with van der Waals surface area (Å²) in [7, 11) is 1.52. The number of hydrogen-bond acceptors (Lipinski definition) is 6. The summed E-state index contributed by atoms with van der Waals surface area (Å²) in [6.45, 7) is -0.133. The molecule has 1 fully saturated rings. The van der Waals surface area contributed by atoms with E-state index in [9.17, 15) is 36.2 Å². The normalized spacial score (nSPS) is 19.7. The lowest BCUT2D eigenvalue weighted by Gasteiger charge is -2.41. The van der Waals surface area contributed by atoms with Gasteiger partial charge in [-0.3, -0.25) is 9.78 Å². The zero-order valence-electron chi connectivity index (χ0n) is 18.8. The van der Waals surface area contributed by atoms with E-state index in [-0.39, 0.29) is 30.0 Å². The number of aliphatic hydroxyl groups is 1. The van der Waals surface area contributed by atoms with Crippen molar-refractivity contribution in [2.24, 2.45) is 0 Å². The van der Waals surface area contributed by atoms with Crippen LogP contribution in [-0.2, 0) is 10.3 Å². The predicted octanol–water partition coefficient (Wildman–Crippen LogP) is 5.03. The number of nitrogens with zero attached hydrogens (tertiary/aromatic N) is 2. The van der Waals surface area contributed by atoms with E-state index in [1.54, 1.807) is 0 Å². The SMILES string of the molecule is CNc1cnccc1C1(C(F)(F)F)CC(O)CCO1.O=Cc1ccc(F)c(-c2c(F)cccc2F)n1. The van der Waals surface area contributed by atoms with E-state index >= 15 is 0 Å². The number of anilines is 1. The van der Waals surface area contributed by atoms with Gasteiger partial charge in [0.05, 0.1) is 30.2 Å². The van der Waals surface area contributed by atoms with Gasteiger partial charge in [-0.2, -0.15) is 13.2 Å². The van der Waals surface area contributed by atoms with Gasteiger partial charge in [-0.15, -0.1) is 0 Å². The Bertz CT molecular complexity index is 1200. The minimum absolute atomic E-state index is 0.0451. The highest BCUT2D eigenvalue weighted by molar-refractivity contribution is 5.74. The molecule has 0 radical (unpaired) electrons. The summed E-state index contributed by atoms with van der Waals surface area (Å²) in [4.78, 5) is 17.9. The molecule has 0 amide bonds. The third-order valence-electron chi connectivity index (χ3n) is 5.49. The molecular formula is C24H21F6N3O3. The van der Waals surface area contributed by atoms with E-state index < -0.39 is 53.0 Å². The molecule has 0 bridgehead atoms. The molecule has 0 aliphatic carbocycles. The van der Waals surface area contributed by atoms with Gasteiger partial charge in [-0.05, 0) is 36.8 Å². The Kier molecular flexibility index (Phi) is 8.31. The number of hydrogen-bond donors (Lipinski definition) is 2. The molecule has 1 aromatic carbocycles. The first-order chi connectivity index (χ1) is 17.0. The van der Waals surface area contributed by atoms with E-state index in [0.717, 1.165) is 30.3 Å². The van der Waals surface area contributed by atoms with E-state index in [4.69, 9.17) is 4.74 Å². The van der Waals surface area contributed by atoms with E-state index in [2.05, 4.69) is 15.3 Å². The first-order valence-corrected chi connectivity index (χ1v) is 10.6. The largest absolute Gasteiger partial charge is 0.421 e. The Morgan fingerprint density at radius 3 is 2.39 bits per heavy atom. The highest BCUT2D eigenvalue weighted by Gasteiger charge is 2.60. The molecule has 4 rings (SSSR count). The van der Waals surface area contributed by atoms with Crippen LogP contribution in [0.5, 0.6) is 0 Å². The van der Waals surface area contributed by atoms with Crippen molar-refractivity contribution in [2.75, 3.05) is 19.0 Å². The van der Waals surface area contributed by atoms with Crippen LogP contribution in [-0.4, -0.2) is 47.3 Å². The number of ether oxygens (including phenoxy) is 1. The van der Waals surface area contributed by atoms with Gasteiger partial charge in [-0.1, -0.05) is 6.07 Å². The van der Waals surface area contributed by atoms with Gasteiger partial charge in [0.15, 0.2) is 11.9 Å². The molecular weight excluding hydrogens is 492 g/mol. The Morgan fingerprint density at radius 2 is 1.81 bits per heavy atom. The number of aromatic nitrogens is 2. The van der Waals surface area contributed by atoms with Gasteiger partial charge in [0.2, 0.25) is 0 Å². The maximum atomic E-state index is 13.5. The second kappa shape index (κ2) is 11.0. The molecule has 3 aromatic rings. The highest BCUT2D eigenvalue weighted by Crippen LogP contribution is 2.49. The third kappa shape index (κ3) is 5.49. The lowest BCUT2D eigenvalue weighted by atomic mass is 9.84. The summed E-state index contributed by atoms with van der Waals surface area (Å²) in [5.41, 5.74) is -3.46. The fourth-order valence-corrected chi connectivity index (χ4v) is 3.77. The number of carbonyl (C=O) groups is 1. The third-order valence-corrected chi connectivity index (χ3v) is 5.49. The van der Waals surface area contributed by atoms with Crippen LogP contribution in [0, 0.1) is 17.5 Å². The van der Waals surface area contributed by atoms with Crippen molar-refractivity contribution >= 4 is 12.0 Å². The van der Waals surface area contributed by atoms with Crippen molar-refractivity contribution in [3.05, 3.63) is 77.5 Å². The summed E-state index contributed by atoms with van der Waals surface area (Å²) in [5, 5.41) is 12.3. The summed E-state index contributed by atoms with van der Waals surface area (Å²) in [6, 6.07) is 6.50. The van der Waals surface area contributed by atoms with E-state index in [1.807, 2.05) is 0 Å². The summed E-state index contributed by atoms with van der Waals surface area (Å²) in [5.74, 6) is -2.75. The van der Waals surface area contributed by atoms with E-state index in [1.165, 1.54) is 25.5 Å². The molecule has 2 atom stereocenters. The van der Waals surface area contributed by atoms with Gasteiger partial charge in [-0.25, -0.2) is 18.2 Å². The highest BCUT2D eigenvalue weighted by atomic mass is 19.4. The van der Waals surface area contributed by atoms with Crippen LogP contribution in [0.1, 0.15) is 28.9 Å². The number of pyridine rings is 2. The van der Waals surface area contributed by atoms with Crippen LogP contribution >= 0.6 is 0 Å². The molecule has 0 spiro atoms. The van der Waals surface area contributed by atoms with Gasteiger partial charge < -0.3 is 15.2 Å². The molecule has 0 saturated carbocycles. The van der Waals surface area contributed by atoms with Crippen LogP contribution in [0.4, 0.5) is 32.0 Å². The van der Waals surface area contributed by atoms with E-state index in [0.29, 0.717) is 6.29 Å². The average molecular weight is 513 g/mol. The number of carbonyl (C=O) groups excluding carboxylic acids is 1. The van der Waals surface area contributed by atoms with Crippen molar-refractivity contribution in [3.63, 3.8) is 0 Å². The molecule has 2 N–H and O–H groups in total. The van der Waals surface area contributed by atoms with Gasteiger partial charge >= 0.3 is 6.18 Å². The zero-order chi connectivity index (χ0) is 26.5. The average Bonchev–Trinajstić information content (AvgIpc) is 2.84. The number of halogens is 6. The van der Waals surface area contributed by atoms with Crippen LogP contribution in [0.2, 0.25) is 0 Å². The Balaban J connectivity index is 0.000000202. The second-order valence-corrected chi connectivity index (χ2v) is 7.77. The standard InChI is InChI=1S/C12H15F3N2O2.C12H6F3NO/c1-16-10-7-17-4-2-9(10)11(12(13,14)15)6-8(18)3-5-19-11;13-8-2-1-3-9(14)11(8)12-10(15)5-4-7(6-17)16-12/h2,4,7-8,16,18H,3,5-6H2,1H3;1-6H. The topological polar surface area (TPSA) is 84.3 Å². The Labute approximate surface area is 202 Å². The van der Waals surface area contributed by atoms with Crippen LogP contribution in [0.25, 0.3) is 11.3 Å². The maximum absolute atomic E-state index is 13.5. The number of aldehydes is 1. The molecule has 2 aromatic heterocycles. The smallest absolute Gasteiger partial charge is 0.393 e. The number of benzene rings is 1. The minimum Gasteiger partial charge on any atom is -0.393 e. The summed E-state index contributed by atoms with van der Waals surface area (Å²) < 4.78 is 85.8. The molecule has 192 valence electrons. The van der Waals surface area contributed by atoms with Gasteiger partial charge in [0, 0.05) is 25.2 Å². The number of aliphatic hydroxyl groups excluding tert-OH is 1. The minimum atomic E-state index is -4.61. The molecule has 1 aliphatic rings. The predicted molar refractivity (Wildman–Crippen MR) is 118 cm³/mol. The Hall–Kier alpha value is -3.51. The van der Waals surface area contributed by atoms with Crippen molar-refractivity contribution in [2.45, 2.75) is 30.7 Å². The molecule has 1 saturated heterocycles. The summed E-state index contributed by atoms with van der Waals surface area (Å²) >= 11 is 0. The van der Waals surface area contributed by atoms with Gasteiger partial charge in [0.1, 0.15) is 28.8 Å². The number of nitrogens with one attached hydrogen (secondary N) is 1. The quantitative estimate of drug-likeness (QED) is 0.376. The zero-order valence-corrected chi connectivity index (χ0v) is 18.8. The van der Waals surface area contributed by atoms with Crippen LogP contribution in [0.3, 0.4) is 0 Å². The number of alkyl halides is 3. The molecule has 3 heterocycles. The monoisotopic (exact) mass is 513 g/mol. The molecule has 1 aliphatic heterocycles. The fraction of sp³-hybridized carbons (Fsp3) is 0.292. The molecule has 36 heavy (non-hydrogen) atoms. The van der Waals surface area contributed by atoms with Crippen molar-refractivity contribution in [1.82, 2.24) is 9.97 Å². The van der Waals surface area contributed by atoms with Gasteiger partial charge in [0.25, 0.3) is 0 Å². The van der Waals surface area contributed by atoms with Crippen LogP contribution in [0.15, 0.2) is 48.8 Å². The van der Waals surface area contributed by atoms with Crippen molar-refractivity contribution in [1.29, 1.82) is 0 Å². The van der Waals surface area contributed by atoms with Crippen LogP contribution < -0.4 is 5.32 Å². The first kappa shape index (κ1) is 27.1. The Morgan fingerprint density at radius 1 is 1.11 bits per heavy atom. The maximum Gasteiger partial charge on any atom is 0.421 e. The lowest BCUT2D eigenvalue weighted by molar-refractivity contribution is -0.306. The first-order valence-electron chi connectivity index (χ1n) is 10.6. The van der Waals surface area contributed by atoms with Crippen molar-refractivity contribution in [3.8, 4) is 11.3 Å². The molecule has 12 heteroatoms. The number of rotatable bonds is 4. The summed E-state index contributed by atoms with van der Waals surface area (Å²) in [6.07, 6.45) is -2.97. The second-order valence-electron chi connectivity index (χ2n) is 7.77.